The predicted octanol–water partition coefficient (Wildman–Crippen LogP) is 3.11. The molecule has 1 fully saturated rings. The number of benzene rings is 1. The first kappa shape index (κ1) is 16.0. The highest BCUT2D eigenvalue weighted by Crippen LogP contribution is 2.43. The van der Waals surface area contributed by atoms with E-state index in [0.29, 0.717) is 12.1 Å². The van der Waals surface area contributed by atoms with Crippen LogP contribution in [0.15, 0.2) is 24.3 Å². The first-order chi connectivity index (χ1) is 9.84. The molecule has 3 atom stereocenters. The van der Waals surface area contributed by atoms with Gasteiger partial charge in [-0.1, -0.05) is 26.0 Å². The van der Waals surface area contributed by atoms with E-state index >= 15 is 0 Å². The molecule has 4 heteroatoms. The van der Waals surface area contributed by atoms with Crippen LogP contribution in [0.5, 0.6) is 0 Å². The van der Waals surface area contributed by atoms with E-state index in [4.69, 9.17) is 4.74 Å². The first-order valence-corrected chi connectivity index (χ1v) is 7.51. The third-order valence-electron chi connectivity index (χ3n) is 4.62. The summed E-state index contributed by atoms with van der Waals surface area (Å²) in [4.78, 5) is 11.1. The molecule has 0 saturated heterocycles. The van der Waals surface area contributed by atoms with Gasteiger partial charge in [-0.3, -0.25) is 4.79 Å². The molecule has 1 amide bonds. The summed E-state index contributed by atoms with van der Waals surface area (Å²) in [5.41, 5.74) is 2.17. The smallest absolute Gasteiger partial charge is 0.221 e. The lowest BCUT2D eigenvalue weighted by molar-refractivity contribution is -0.114. The van der Waals surface area contributed by atoms with Gasteiger partial charge in [0, 0.05) is 37.2 Å². The Kier molecular flexibility index (Phi) is 4.69. The summed E-state index contributed by atoms with van der Waals surface area (Å²) >= 11 is 0. The topological polar surface area (TPSA) is 50.4 Å². The van der Waals surface area contributed by atoms with E-state index in [9.17, 15) is 4.79 Å². The Bertz CT molecular complexity index is 513. The summed E-state index contributed by atoms with van der Waals surface area (Å²) in [5.74, 6) is -0.0455. The quantitative estimate of drug-likeness (QED) is 0.876. The third-order valence-corrected chi connectivity index (χ3v) is 4.62. The Labute approximate surface area is 127 Å². The summed E-state index contributed by atoms with van der Waals surface area (Å²) < 4.78 is 5.49. The Morgan fingerprint density at radius 1 is 1.43 bits per heavy atom. The van der Waals surface area contributed by atoms with Gasteiger partial charge in [0.2, 0.25) is 5.91 Å². The van der Waals surface area contributed by atoms with Crippen LogP contribution in [0.2, 0.25) is 0 Å². The molecule has 21 heavy (non-hydrogen) atoms. The van der Waals surface area contributed by atoms with Crippen molar-refractivity contribution in [1.82, 2.24) is 5.32 Å². The Morgan fingerprint density at radius 3 is 2.71 bits per heavy atom. The summed E-state index contributed by atoms with van der Waals surface area (Å²) in [6.07, 6.45) is 1.37. The van der Waals surface area contributed by atoms with Crippen molar-refractivity contribution in [2.24, 2.45) is 5.41 Å². The van der Waals surface area contributed by atoms with Crippen molar-refractivity contribution in [3.05, 3.63) is 29.8 Å². The number of nitrogens with one attached hydrogen (secondary N) is 2. The van der Waals surface area contributed by atoms with Crippen molar-refractivity contribution in [3.63, 3.8) is 0 Å². The van der Waals surface area contributed by atoms with Gasteiger partial charge in [-0.2, -0.15) is 0 Å². The summed E-state index contributed by atoms with van der Waals surface area (Å²) in [6.45, 7) is 8.16. The third kappa shape index (κ3) is 3.44. The molecule has 2 rings (SSSR count). The van der Waals surface area contributed by atoms with Crippen LogP contribution >= 0.6 is 0 Å². The maximum Gasteiger partial charge on any atom is 0.221 e. The van der Waals surface area contributed by atoms with Crippen molar-refractivity contribution >= 4 is 11.6 Å². The number of anilines is 1. The molecule has 2 N–H and O–H groups in total. The molecule has 3 unspecified atom stereocenters. The van der Waals surface area contributed by atoms with Crippen molar-refractivity contribution in [2.75, 3.05) is 12.4 Å². The van der Waals surface area contributed by atoms with E-state index in [2.05, 4.69) is 37.5 Å². The zero-order chi connectivity index (χ0) is 15.6. The highest BCUT2D eigenvalue weighted by molar-refractivity contribution is 5.88. The Balaban J connectivity index is 2.01. The van der Waals surface area contributed by atoms with Crippen molar-refractivity contribution in [3.8, 4) is 0 Å². The van der Waals surface area contributed by atoms with Gasteiger partial charge >= 0.3 is 0 Å². The van der Waals surface area contributed by atoms with Crippen LogP contribution in [0.3, 0.4) is 0 Å². The highest BCUT2D eigenvalue weighted by Gasteiger charge is 2.48. The fraction of sp³-hybridized carbons (Fsp3) is 0.588. The van der Waals surface area contributed by atoms with Crippen LogP contribution in [-0.4, -0.2) is 25.2 Å². The standard InChI is InChI=1S/C17H26N2O2/c1-11(18-15-10-16(21-5)17(15,3)4)13-7-6-8-14(9-13)19-12(2)20/h6-9,11,15-16,18H,10H2,1-5H3,(H,19,20). The van der Waals surface area contributed by atoms with Gasteiger partial charge < -0.3 is 15.4 Å². The van der Waals surface area contributed by atoms with E-state index < -0.39 is 0 Å². The monoisotopic (exact) mass is 290 g/mol. The zero-order valence-corrected chi connectivity index (χ0v) is 13.6. The molecule has 0 aliphatic heterocycles. The second-order valence-corrected chi connectivity index (χ2v) is 6.53. The van der Waals surface area contributed by atoms with E-state index in [1.807, 2.05) is 18.2 Å². The van der Waals surface area contributed by atoms with Crippen molar-refractivity contribution < 1.29 is 9.53 Å². The molecule has 1 saturated carbocycles. The van der Waals surface area contributed by atoms with E-state index in [1.165, 1.54) is 12.5 Å². The van der Waals surface area contributed by atoms with Crippen molar-refractivity contribution in [2.45, 2.75) is 52.3 Å². The maximum absolute atomic E-state index is 11.1. The molecule has 0 spiro atoms. The average molecular weight is 290 g/mol. The van der Waals surface area contributed by atoms with Crippen molar-refractivity contribution in [1.29, 1.82) is 0 Å². The molecular weight excluding hydrogens is 264 g/mol. The lowest BCUT2D eigenvalue weighted by atomic mass is 9.64. The van der Waals surface area contributed by atoms with Gasteiger partial charge in [0.05, 0.1) is 6.10 Å². The zero-order valence-electron chi connectivity index (χ0n) is 13.6. The molecule has 0 radical (unpaired) electrons. The molecule has 0 aromatic heterocycles. The molecule has 1 aromatic carbocycles. The largest absolute Gasteiger partial charge is 0.381 e. The molecule has 0 heterocycles. The minimum Gasteiger partial charge on any atom is -0.381 e. The molecule has 1 aliphatic rings. The van der Waals surface area contributed by atoms with E-state index in [0.717, 1.165) is 12.1 Å². The minimum atomic E-state index is -0.0455. The van der Waals surface area contributed by atoms with Crippen LogP contribution in [-0.2, 0) is 9.53 Å². The van der Waals surface area contributed by atoms with Crippen LogP contribution in [0, 0.1) is 5.41 Å². The molecule has 4 nitrogen and oxygen atoms in total. The van der Waals surface area contributed by atoms with E-state index in [1.54, 1.807) is 7.11 Å². The maximum atomic E-state index is 11.1. The van der Waals surface area contributed by atoms with E-state index in [-0.39, 0.29) is 17.4 Å². The first-order valence-electron chi connectivity index (χ1n) is 7.51. The predicted molar refractivity (Wildman–Crippen MR) is 85.3 cm³/mol. The van der Waals surface area contributed by atoms with Crippen LogP contribution in [0.1, 0.15) is 45.7 Å². The molecule has 1 aromatic rings. The molecule has 1 aliphatic carbocycles. The van der Waals surface area contributed by atoms with Crippen LogP contribution in [0.25, 0.3) is 0 Å². The number of amides is 1. The number of carbonyl (C=O) groups excluding carboxylic acids is 1. The summed E-state index contributed by atoms with van der Waals surface area (Å²) in [6, 6.07) is 8.68. The fourth-order valence-corrected chi connectivity index (χ4v) is 3.06. The molecular formula is C17H26N2O2. The van der Waals surface area contributed by atoms with Crippen LogP contribution < -0.4 is 10.6 Å². The normalized spacial score (nSPS) is 25.0. The minimum absolute atomic E-state index is 0.0455. The fourth-order valence-electron chi connectivity index (χ4n) is 3.06. The Morgan fingerprint density at radius 2 is 2.14 bits per heavy atom. The van der Waals surface area contributed by atoms with Gasteiger partial charge in [-0.25, -0.2) is 0 Å². The number of rotatable bonds is 5. The van der Waals surface area contributed by atoms with Gasteiger partial charge in [0.25, 0.3) is 0 Å². The second-order valence-electron chi connectivity index (χ2n) is 6.53. The average Bonchev–Trinajstić information content (AvgIpc) is 2.42. The Hall–Kier alpha value is -1.39. The van der Waals surface area contributed by atoms with Gasteiger partial charge in [-0.15, -0.1) is 0 Å². The summed E-state index contributed by atoms with van der Waals surface area (Å²) in [5, 5.41) is 6.50. The molecule has 0 bridgehead atoms. The number of ether oxygens (including phenoxy) is 1. The molecule has 116 valence electrons. The van der Waals surface area contributed by atoms with Gasteiger partial charge in [-0.05, 0) is 31.0 Å². The number of hydrogen-bond acceptors (Lipinski definition) is 3. The van der Waals surface area contributed by atoms with Gasteiger partial charge in [0.1, 0.15) is 0 Å². The van der Waals surface area contributed by atoms with Crippen LogP contribution in [0.4, 0.5) is 5.69 Å². The number of hydrogen-bond donors (Lipinski definition) is 2. The van der Waals surface area contributed by atoms with Gasteiger partial charge in [0.15, 0.2) is 0 Å². The summed E-state index contributed by atoms with van der Waals surface area (Å²) in [7, 11) is 1.78. The lowest BCUT2D eigenvalue weighted by Gasteiger charge is -2.52. The number of carbonyl (C=O) groups is 1. The number of methoxy groups -OCH3 is 1. The highest BCUT2D eigenvalue weighted by atomic mass is 16.5. The SMILES string of the molecule is COC1CC(NC(C)c2cccc(NC(C)=O)c2)C1(C)C. The lowest BCUT2D eigenvalue weighted by Crippen LogP contribution is -2.60. The second kappa shape index (κ2) is 6.16.